The quantitative estimate of drug-likeness (QED) is 0.851. The number of aromatic hydroxyl groups is 1. The second kappa shape index (κ2) is 5.79. The van der Waals surface area contributed by atoms with Crippen LogP contribution >= 0.6 is 15.9 Å². The lowest BCUT2D eigenvalue weighted by molar-refractivity contribution is 0.0939. The van der Waals surface area contributed by atoms with Gasteiger partial charge in [0.05, 0.1) is 17.8 Å². The van der Waals surface area contributed by atoms with Crippen LogP contribution in [0.5, 0.6) is 5.75 Å². The van der Waals surface area contributed by atoms with Gasteiger partial charge in [-0.1, -0.05) is 6.07 Å². The molecule has 2 aromatic rings. The van der Waals surface area contributed by atoms with Crippen LogP contribution in [-0.4, -0.2) is 21.0 Å². The summed E-state index contributed by atoms with van der Waals surface area (Å²) in [5, 5.41) is 12.1. The third-order valence-corrected chi connectivity index (χ3v) is 3.05. The van der Waals surface area contributed by atoms with Crippen LogP contribution < -0.4 is 5.32 Å². The van der Waals surface area contributed by atoms with E-state index in [0.29, 0.717) is 5.56 Å². The molecular formula is C13H12BrN3O2. The Morgan fingerprint density at radius 1 is 1.37 bits per heavy atom. The Morgan fingerprint density at radius 2 is 2.16 bits per heavy atom. The number of rotatable bonds is 3. The van der Waals surface area contributed by atoms with E-state index in [9.17, 15) is 9.90 Å². The number of nitrogens with one attached hydrogen (secondary N) is 1. The smallest absolute Gasteiger partial charge is 0.253 e. The zero-order valence-corrected chi connectivity index (χ0v) is 11.8. The van der Waals surface area contributed by atoms with Gasteiger partial charge in [-0.3, -0.25) is 9.78 Å². The van der Waals surface area contributed by atoms with E-state index in [1.165, 1.54) is 18.5 Å². The number of amides is 1. The molecule has 0 saturated heterocycles. The predicted molar refractivity (Wildman–Crippen MR) is 73.7 cm³/mol. The highest BCUT2D eigenvalue weighted by atomic mass is 79.9. The third kappa shape index (κ3) is 3.51. The minimum Gasteiger partial charge on any atom is -0.506 e. The summed E-state index contributed by atoms with van der Waals surface area (Å²) in [6, 6.07) is 4.88. The van der Waals surface area contributed by atoms with Gasteiger partial charge in [0.2, 0.25) is 0 Å². The normalized spacial score (nSPS) is 11.9. The molecule has 0 unspecified atom stereocenters. The second-order valence-corrected chi connectivity index (χ2v) is 4.85. The van der Waals surface area contributed by atoms with Crippen LogP contribution in [0.1, 0.15) is 28.9 Å². The van der Waals surface area contributed by atoms with Gasteiger partial charge in [0.15, 0.2) is 0 Å². The molecule has 2 N–H and O–H groups in total. The molecular weight excluding hydrogens is 310 g/mol. The molecule has 0 aliphatic carbocycles. The topological polar surface area (TPSA) is 75.1 Å². The Morgan fingerprint density at radius 3 is 2.79 bits per heavy atom. The van der Waals surface area contributed by atoms with E-state index < -0.39 is 0 Å². The van der Waals surface area contributed by atoms with Crippen molar-refractivity contribution in [1.82, 2.24) is 15.3 Å². The van der Waals surface area contributed by atoms with Crippen LogP contribution in [0.2, 0.25) is 0 Å². The number of halogens is 1. The van der Waals surface area contributed by atoms with E-state index in [1.54, 1.807) is 6.20 Å². The van der Waals surface area contributed by atoms with Crippen LogP contribution in [0, 0.1) is 0 Å². The van der Waals surface area contributed by atoms with E-state index in [4.69, 9.17) is 0 Å². The van der Waals surface area contributed by atoms with Crippen molar-refractivity contribution >= 4 is 21.8 Å². The first kappa shape index (κ1) is 13.5. The molecule has 6 heteroatoms. The van der Waals surface area contributed by atoms with Crippen molar-refractivity contribution in [2.24, 2.45) is 0 Å². The fraction of sp³-hybridized carbons (Fsp3) is 0.154. The summed E-state index contributed by atoms with van der Waals surface area (Å²) in [5.41, 5.74) is 1.21. The van der Waals surface area contributed by atoms with Crippen LogP contribution in [0.15, 0.2) is 41.4 Å². The number of carbonyl (C=O) groups is 1. The number of pyridine rings is 2. The maximum atomic E-state index is 12.0. The first-order valence-electron chi connectivity index (χ1n) is 5.62. The van der Waals surface area contributed by atoms with Gasteiger partial charge in [0.1, 0.15) is 10.4 Å². The molecule has 0 bridgehead atoms. The molecule has 0 saturated carbocycles. The van der Waals surface area contributed by atoms with Gasteiger partial charge in [-0.25, -0.2) is 4.98 Å². The van der Waals surface area contributed by atoms with Crippen LogP contribution in [-0.2, 0) is 0 Å². The van der Waals surface area contributed by atoms with Crippen molar-refractivity contribution in [3.63, 3.8) is 0 Å². The SMILES string of the molecule is C[C@@H](NC(=O)c1cncc(O)c1)c1ccc(Br)nc1. The summed E-state index contributed by atoms with van der Waals surface area (Å²) in [6.45, 7) is 1.86. The first-order chi connectivity index (χ1) is 9.06. The minimum atomic E-state index is -0.293. The summed E-state index contributed by atoms with van der Waals surface area (Å²) < 4.78 is 0.743. The average molecular weight is 322 g/mol. The van der Waals surface area contributed by atoms with Crippen molar-refractivity contribution in [1.29, 1.82) is 0 Å². The molecule has 19 heavy (non-hydrogen) atoms. The molecule has 1 amide bonds. The number of hydrogen-bond donors (Lipinski definition) is 2. The molecule has 0 fully saturated rings. The van der Waals surface area contributed by atoms with Gasteiger partial charge < -0.3 is 10.4 Å². The minimum absolute atomic E-state index is 0.0365. The van der Waals surface area contributed by atoms with Crippen molar-refractivity contribution in [3.05, 3.63) is 52.5 Å². The van der Waals surface area contributed by atoms with E-state index in [0.717, 1.165) is 10.2 Å². The number of hydrogen-bond acceptors (Lipinski definition) is 4. The van der Waals surface area contributed by atoms with Crippen LogP contribution in [0.25, 0.3) is 0 Å². The Balaban J connectivity index is 2.08. The number of nitrogens with zero attached hydrogens (tertiary/aromatic N) is 2. The fourth-order valence-corrected chi connectivity index (χ4v) is 1.79. The monoisotopic (exact) mass is 321 g/mol. The van der Waals surface area contributed by atoms with Crippen molar-refractivity contribution in [2.75, 3.05) is 0 Å². The van der Waals surface area contributed by atoms with Crippen LogP contribution in [0.4, 0.5) is 0 Å². The molecule has 98 valence electrons. The molecule has 0 spiro atoms. The molecule has 0 aliphatic rings. The molecule has 2 rings (SSSR count). The maximum absolute atomic E-state index is 12.0. The molecule has 2 heterocycles. The first-order valence-corrected chi connectivity index (χ1v) is 6.42. The van der Waals surface area contributed by atoms with E-state index in [2.05, 4.69) is 31.2 Å². The lowest BCUT2D eigenvalue weighted by Crippen LogP contribution is -2.26. The van der Waals surface area contributed by atoms with Gasteiger partial charge in [-0.15, -0.1) is 0 Å². The van der Waals surface area contributed by atoms with Gasteiger partial charge in [-0.05, 0) is 40.5 Å². The van der Waals surface area contributed by atoms with Gasteiger partial charge in [-0.2, -0.15) is 0 Å². The predicted octanol–water partition coefficient (Wildman–Crippen LogP) is 2.44. The highest BCUT2D eigenvalue weighted by molar-refractivity contribution is 9.10. The zero-order chi connectivity index (χ0) is 13.8. The van der Waals surface area contributed by atoms with Crippen molar-refractivity contribution in [2.45, 2.75) is 13.0 Å². The highest BCUT2D eigenvalue weighted by Crippen LogP contribution is 2.15. The summed E-state index contributed by atoms with van der Waals surface area (Å²) in [7, 11) is 0. The Hall–Kier alpha value is -1.95. The highest BCUT2D eigenvalue weighted by Gasteiger charge is 2.12. The van der Waals surface area contributed by atoms with Gasteiger partial charge >= 0.3 is 0 Å². The lowest BCUT2D eigenvalue weighted by atomic mass is 10.1. The number of aromatic nitrogens is 2. The fourth-order valence-electron chi connectivity index (χ4n) is 1.56. The molecule has 0 aliphatic heterocycles. The lowest BCUT2D eigenvalue weighted by Gasteiger charge is -2.14. The largest absolute Gasteiger partial charge is 0.506 e. The summed E-state index contributed by atoms with van der Waals surface area (Å²) in [6.07, 6.45) is 4.37. The molecule has 0 radical (unpaired) electrons. The average Bonchev–Trinajstić information content (AvgIpc) is 2.39. The molecule has 2 aromatic heterocycles. The third-order valence-electron chi connectivity index (χ3n) is 2.58. The second-order valence-electron chi connectivity index (χ2n) is 4.04. The van der Waals surface area contributed by atoms with Gasteiger partial charge in [0, 0.05) is 12.4 Å². The van der Waals surface area contributed by atoms with E-state index >= 15 is 0 Å². The van der Waals surface area contributed by atoms with Crippen molar-refractivity contribution in [3.8, 4) is 5.75 Å². The number of carbonyl (C=O) groups excluding carboxylic acids is 1. The summed E-state index contributed by atoms with van der Waals surface area (Å²) >= 11 is 3.26. The van der Waals surface area contributed by atoms with Crippen molar-refractivity contribution < 1.29 is 9.90 Å². The molecule has 0 aromatic carbocycles. The summed E-state index contributed by atoms with van der Waals surface area (Å²) in [4.78, 5) is 19.8. The van der Waals surface area contributed by atoms with E-state index in [-0.39, 0.29) is 17.7 Å². The molecule has 5 nitrogen and oxygen atoms in total. The van der Waals surface area contributed by atoms with E-state index in [1.807, 2.05) is 19.1 Å². The Kier molecular flexibility index (Phi) is 4.11. The zero-order valence-electron chi connectivity index (χ0n) is 10.2. The standard InChI is InChI=1S/C13H12BrN3O2/c1-8(9-2-3-12(14)16-6-9)17-13(19)10-4-11(18)7-15-5-10/h2-8,18H,1H3,(H,17,19)/t8-/m1/s1. The Labute approximate surface area is 118 Å². The maximum Gasteiger partial charge on any atom is 0.253 e. The molecule has 1 atom stereocenters. The van der Waals surface area contributed by atoms with Crippen LogP contribution in [0.3, 0.4) is 0 Å². The van der Waals surface area contributed by atoms with Gasteiger partial charge in [0.25, 0.3) is 5.91 Å². The Bertz CT molecular complexity index is 587. The summed E-state index contributed by atoms with van der Waals surface area (Å²) in [5.74, 6) is -0.329.